The molecule has 26 heavy (non-hydrogen) atoms. The molecule has 7 nitrogen and oxygen atoms in total. The molecule has 1 atom stereocenters. The number of rotatable bonds is 5. The Morgan fingerprint density at radius 3 is 2.46 bits per heavy atom. The average molecular weight is 359 g/mol. The zero-order valence-electron chi connectivity index (χ0n) is 15.6. The van der Waals surface area contributed by atoms with Crippen LogP contribution in [0.2, 0.25) is 0 Å². The number of fused-ring (bicyclic) bond motifs is 4. The molecule has 2 amide bonds. The van der Waals surface area contributed by atoms with Crippen molar-refractivity contribution < 1.29 is 9.59 Å². The van der Waals surface area contributed by atoms with Crippen LogP contribution < -0.4 is 21.7 Å². The van der Waals surface area contributed by atoms with Crippen LogP contribution in [0.5, 0.6) is 0 Å². The summed E-state index contributed by atoms with van der Waals surface area (Å²) in [5.74, 6) is -0.984. The lowest BCUT2D eigenvalue weighted by atomic mass is 10.0. The van der Waals surface area contributed by atoms with Gasteiger partial charge in [0.15, 0.2) is 0 Å². The number of hydrogen-bond donors (Lipinski definition) is 3. The topological polar surface area (TPSA) is 105 Å². The number of amides is 2. The van der Waals surface area contributed by atoms with Crippen molar-refractivity contribution in [1.82, 2.24) is 10.2 Å². The lowest BCUT2D eigenvalue weighted by molar-refractivity contribution is -0.120. The number of piperidine rings is 1. The molecule has 2 bridgehead atoms. The first-order valence-electron chi connectivity index (χ1n) is 9.35. The van der Waals surface area contributed by atoms with Gasteiger partial charge in [-0.25, -0.2) is 0 Å². The fourth-order valence-corrected chi connectivity index (χ4v) is 3.93. The molecule has 5 N–H and O–H groups in total. The highest BCUT2D eigenvalue weighted by molar-refractivity contribution is 6.02. The molecule has 3 aliphatic heterocycles. The van der Waals surface area contributed by atoms with E-state index < -0.39 is 11.9 Å². The number of hydrogen-bond acceptors (Lipinski definition) is 5. The molecule has 0 aliphatic carbocycles. The Kier molecular flexibility index (Phi) is 5.36. The Morgan fingerprint density at radius 2 is 1.85 bits per heavy atom. The number of nitrogen functional groups attached to an aromatic ring is 1. The van der Waals surface area contributed by atoms with E-state index in [1.54, 1.807) is 6.07 Å². The quantitative estimate of drug-likeness (QED) is 0.674. The van der Waals surface area contributed by atoms with Crippen LogP contribution in [0.15, 0.2) is 18.2 Å². The Labute approximate surface area is 154 Å². The van der Waals surface area contributed by atoms with E-state index in [4.69, 9.17) is 11.5 Å². The van der Waals surface area contributed by atoms with Crippen molar-refractivity contribution in [3.8, 4) is 0 Å². The maximum Gasteiger partial charge on any atom is 0.254 e. The van der Waals surface area contributed by atoms with Crippen LogP contribution in [0.1, 0.15) is 37.0 Å². The minimum atomic E-state index is -0.716. The van der Waals surface area contributed by atoms with Crippen molar-refractivity contribution in [3.05, 3.63) is 23.8 Å². The van der Waals surface area contributed by atoms with Crippen molar-refractivity contribution in [3.63, 3.8) is 0 Å². The molecule has 7 heteroatoms. The zero-order valence-corrected chi connectivity index (χ0v) is 15.6. The van der Waals surface area contributed by atoms with E-state index in [0.717, 1.165) is 44.7 Å². The Hall–Kier alpha value is -2.28. The summed E-state index contributed by atoms with van der Waals surface area (Å²) in [5.41, 5.74) is 13.3. The van der Waals surface area contributed by atoms with Gasteiger partial charge in [-0.05, 0) is 37.0 Å². The molecule has 1 unspecified atom stereocenters. The first kappa shape index (κ1) is 18.5. The molecule has 0 saturated carbocycles. The van der Waals surface area contributed by atoms with Crippen LogP contribution >= 0.6 is 0 Å². The molecule has 3 aliphatic rings. The molecule has 3 heterocycles. The van der Waals surface area contributed by atoms with Crippen molar-refractivity contribution >= 4 is 23.2 Å². The summed E-state index contributed by atoms with van der Waals surface area (Å²) in [6.07, 6.45) is 2.28. The number of nitrogens with two attached hydrogens (primary N) is 2. The summed E-state index contributed by atoms with van der Waals surface area (Å²) in [7, 11) is 0. The van der Waals surface area contributed by atoms with Gasteiger partial charge in [0.05, 0.1) is 5.56 Å². The maximum atomic E-state index is 12.7. The average Bonchev–Trinajstić information content (AvgIpc) is 2.93. The van der Waals surface area contributed by atoms with E-state index in [2.05, 4.69) is 15.1 Å². The molecule has 4 rings (SSSR count). The highest BCUT2D eigenvalue weighted by Crippen LogP contribution is 2.29. The number of nitrogens with one attached hydrogen (secondary N) is 1. The van der Waals surface area contributed by atoms with Crippen LogP contribution in [0.3, 0.4) is 0 Å². The molecule has 1 aromatic rings. The fourth-order valence-electron chi connectivity index (χ4n) is 3.93. The van der Waals surface area contributed by atoms with E-state index in [9.17, 15) is 9.59 Å². The molecule has 3 saturated heterocycles. The summed E-state index contributed by atoms with van der Waals surface area (Å²) >= 11 is 0. The maximum absolute atomic E-state index is 12.7. The predicted octanol–water partition coefficient (Wildman–Crippen LogP) is 0.793. The lowest BCUT2D eigenvalue weighted by Crippen LogP contribution is -2.47. The largest absolute Gasteiger partial charge is 0.398 e. The molecule has 142 valence electrons. The highest BCUT2D eigenvalue weighted by atomic mass is 16.2. The predicted molar refractivity (Wildman–Crippen MR) is 103 cm³/mol. The van der Waals surface area contributed by atoms with Crippen LogP contribution in [0.4, 0.5) is 11.4 Å². The minimum absolute atomic E-state index is 0.0871. The third-order valence-corrected chi connectivity index (χ3v) is 5.53. The van der Waals surface area contributed by atoms with Crippen LogP contribution in [-0.2, 0) is 4.79 Å². The van der Waals surface area contributed by atoms with E-state index in [1.165, 1.54) is 0 Å². The van der Waals surface area contributed by atoms with Gasteiger partial charge < -0.3 is 26.6 Å². The van der Waals surface area contributed by atoms with Gasteiger partial charge in [-0.15, -0.1) is 0 Å². The van der Waals surface area contributed by atoms with Crippen molar-refractivity contribution in [2.24, 2.45) is 11.7 Å². The molecule has 1 aromatic carbocycles. The SMILES string of the molecule is CC(C)C(NC(=O)c1cc(N2CCN3CCC2CC3)ccc1N)C(N)=O. The highest BCUT2D eigenvalue weighted by Gasteiger charge is 2.30. The summed E-state index contributed by atoms with van der Waals surface area (Å²) in [6.45, 7) is 7.96. The third kappa shape index (κ3) is 3.77. The lowest BCUT2D eigenvalue weighted by Gasteiger charge is -2.33. The Morgan fingerprint density at radius 1 is 1.15 bits per heavy atom. The second kappa shape index (κ2) is 7.53. The minimum Gasteiger partial charge on any atom is -0.398 e. The number of nitrogens with zero attached hydrogens (tertiary/aromatic N) is 2. The van der Waals surface area contributed by atoms with Crippen LogP contribution in [-0.4, -0.2) is 55.0 Å². The first-order valence-corrected chi connectivity index (χ1v) is 9.35. The normalized spacial score (nSPS) is 23.6. The fraction of sp³-hybridized carbons (Fsp3) is 0.579. The number of benzene rings is 1. The summed E-state index contributed by atoms with van der Waals surface area (Å²) in [5, 5.41) is 2.73. The van der Waals surface area contributed by atoms with Crippen molar-refractivity contribution in [2.75, 3.05) is 36.8 Å². The molecule has 0 aromatic heterocycles. The smallest absolute Gasteiger partial charge is 0.254 e. The van der Waals surface area contributed by atoms with Gasteiger partial charge in [0, 0.05) is 43.6 Å². The van der Waals surface area contributed by atoms with Gasteiger partial charge in [-0.3, -0.25) is 9.59 Å². The molecule has 0 spiro atoms. The summed E-state index contributed by atoms with van der Waals surface area (Å²) in [4.78, 5) is 29.2. The zero-order chi connectivity index (χ0) is 18.8. The van der Waals surface area contributed by atoms with E-state index in [1.807, 2.05) is 26.0 Å². The van der Waals surface area contributed by atoms with E-state index >= 15 is 0 Å². The van der Waals surface area contributed by atoms with Gasteiger partial charge in [-0.2, -0.15) is 0 Å². The Balaban J connectivity index is 1.83. The number of carbonyl (C=O) groups is 2. The van der Waals surface area contributed by atoms with E-state index in [0.29, 0.717) is 17.3 Å². The van der Waals surface area contributed by atoms with Gasteiger partial charge in [-0.1, -0.05) is 13.8 Å². The number of primary amides is 1. The second-order valence-electron chi connectivity index (χ2n) is 7.64. The molecule has 3 fully saturated rings. The molecular formula is C19H29N5O2. The van der Waals surface area contributed by atoms with Gasteiger partial charge >= 0.3 is 0 Å². The monoisotopic (exact) mass is 359 g/mol. The number of carbonyl (C=O) groups excluding carboxylic acids is 2. The standard InChI is InChI=1S/C19H29N5O2/c1-12(2)17(18(21)25)22-19(26)15-11-14(3-4-16(15)20)24-10-9-23-7-5-13(24)6-8-23/h3-4,11-13,17H,5-10,20H2,1-2H3,(H2,21,25)(H,22,26). The first-order chi connectivity index (χ1) is 12.4. The summed E-state index contributed by atoms with van der Waals surface area (Å²) in [6, 6.07) is 5.39. The molecule has 0 radical (unpaired) electrons. The van der Waals surface area contributed by atoms with Crippen molar-refractivity contribution in [1.29, 1.82) is 0 Å². The van der Waals surface area contributed by atoms with Gasteiger partial charge in [0.25, 0.3) is 5.91 Å². The van der Waals surface area contributed by atoms with Gasteiger partial charge in [0.2, 0.25) is 5.91 Å². The van der Waals surface area contributed by atoms with Crippen molar-refractivity contribution in [2.45, 2.75) is 38.8 Å². The van der Waals surface area contributed by atoms with Crippen LogP contribution in [0, 0.1) is 5.92 Å². The van der Waals surface area contributed by atoms with Crippen LogP contribution in [0.25, 0.3) is 0 Å². The third-order valence-electron chi connectivity index (χ3n) is 5.53. The van der Waals surface area contributed by atoms with E-state index in [-0.39, 0.29) is 11.8 Å². The summed E-state index contributed by atoms with van der Waals surface area (Å²) < 4.78 is 0. The van der Waals surface area contributed by atoms with Gasteiger partial charge in [0.1, 0.15) is 6.04 Å². The molecular weight excluding hydrogens is 330 g/mol. The second-order valence-corrected chi connectivity index (χ2v) is 7.64. The Bertz CT molecular complexity index is 683. The number of anilines is 2.